The molecule has 0 fully saturated rings. The molecule has 26 heavy (non-hydrogen) atoms. The van der Waals surface area contributed by atoms with E-state index in [4.69, 9.17) is 11.6 Å². The fourth-order valence-electron chi connectivity index (χ4n) is 3.90. The van der Waals surface area contributed by atoms with Gasteiger partial charge in [-0.25, -0.2) is 9.48 Å². The van der Waals surface area contributed by atoms with Gasteiger partial charge >= 0.3 is 0 Å². The predicted octanol–water partition coefficient (Wildman–Crippen LogP) is 1.76. The van der Waals surface area contributed by atoms with Gasteiger partial charge in [-0.05, 0) is 55.7 Å². The maximum absolute atomic E-state index is 11.7. The normalized spacial score (nSPS) is 22.7. The first-order valence-corrected chi connectivity index (χ1v) is 9.90. The van der Waals surface area contributed by atoms with Crippen molar-refractivity contribution in [3.63, 3.8) is 0 Å². The van der Waals surface area contributed by atoms with Crippen LogP contribution in [0.1, 0.15) is 31.2 Å². The second kappa shape index (κ2) is 8.01. The Bertz CT molecular complexity index is 808. The number of aliphatic hydroxyl groups is 1. The lowest BCUT2D eigenvalue weighted by Crippen LogP contribution is -3.00. The van der Waals surface area contributed by atoms with E-state index < -0.39 is 5.72 Å². The van der Waals surface area contributed by atoms with Crippen LogP contribution in [0.3, 0.4) is 0 Å². The molecule has 2 aromatic carbocycles. The van der Waals surface area contributed by atoms with Crippen LogP contribution in [0.25, 0.3) is 0 Å². The van der Waals surface area contributed by atoms with Gasteiger partial charge in [0.1, 0.15) is 5.69 Å². The first kappa shape index (κ1) is 19.9. The molecule has 2 aliphatic heterocycles. The molecule has 0 amide bonds. The molecule has 0 spiro atoms. The molecule has 0 saturated heterocycles. The van der Waals surface area contributed by atoms with Crippen molar-refractivity contribution < 1.29 is 26.7 Å². The summed E-state index contributed by atoms with van der Waals surface area (Å²) in [4.78, 5) is 2.27. The van der Waals surface area contributed by atoms with Crippen molar-refractivity contribution >= 4 is 39.1 Å². The summed E-state index contributed by atoms with van der Waals surface area (Å²) in [5, 5.41) is 12.4. The Hall–Kier alpha value is -0.880. The van der Waals surface area contributed by atoms with Crippen LogP contribution in [0, 0.1) is 0 Å². The fourth-order valence-corrected chi connectivity index (χ4v) is 4.29. The highest BCUT2D eigenvalue weighted by molar-refractivity contribution is 9.10. The Labute approximate surface area is 178 Å². The van der Waals surface area contributed by atoms with Crippen molar-refractivity contribution in [3.05, 3.63) is 63.6 Å². The van der Waals surface area contributed by atoms with E-state index in [2.05, 4.69) is 49.7 Å². The quantitative estimate of drug-likeness (QED) is 0.637. The van der Waals surface area contributed by atoms with Crippen molar-refractivity contribution in [1.82, 2.24) is 0 Å². The zero-order valence-corrected chi connectivity index (χ0v) is 18.3. The van der Waals surface area contributed by atoms with Crippen molar-refractivity contribution in [3.8, 4) is 0 Å². The summed E-state index contributed by atoms with van der Waals surface area (Å²) in [5.41, 5.74) is 1.00. The van der Waals surface area contributed by atoms with Gasteiger partial charge in [0.05, 0.1) is 6.54 Å². The molecule has 0 aromatic heterocycles. The van der Waals surface area contributed by atoms with E-state index in [1.165, 1.54) is 12.3 Å². The van der Waals surface area contributed by atoms with Crippen molar-refractivity contribution in [2.24, 2.45) is 0 Å². The van der Waals surface area contributed by atoms with Crippen LogP contribution in [-0.4, -0.2) is 28.6 Å². The second-order valence-corrected chi connectivity index (χ2v) is 8.12. The third-order valence-corrected chi connectivity index (χ3v) is 5.96. The molecular weight excluding hydrogens is 479 g/mol. The Morgan fingerprint density at radius 1 is 1.00 bits per heavy atom. The van der Waals surface area contributed by atoms with Crippen molar-refractivity contribution in [2.45, 2.75) is 31.4 Å². The van der Waals surface area contributed by atoms with E-state index in [-0.39, 0.29) is 17.0 Å². The largest absolute Gasteiger partial charge is 1.00 e. The van der Waals surface area contributed by atoms with E-state index in [1.54, 1.807) is 0 Å². The summed E-state index contributed by atoms with van der Waals surface area (Å²) in [6, 6.07) is 15.9. The number of benzene rings is 2. The number of β-amino-alcohol motifs (C(OH)–C–C–N with tert-alkyl or cyclic N) is 1. The van der Waals surface area contributed by atoms with Crippen LogP contribution >= 0.6 is 27.5 Å². The molecule has 2 aromatic rings. The lowest BCUT2D eigenvalue weighted by atomic mass is 10.0. The van der Waals surface area contributed by atoms with Gasteiger partial charge in [0.2, 0.25) is 0 Å². The average Bonchev–Trinajstić information content (AvgIpc) is 2.78. The number of rotatable bonds is 2. The minimum Gasteiger partial charge on any atom is -1.00 e. The summed E-state index contributed by atoms with van der Waals surface area (Å²) in [6.45, 7) is 1.41. The van der Waals surface area contributed by atoms with E-state index in [1.807, 2.05) is 24.3 Å². The van der Waals surface area contributed by atoms with Gasteiger partial charge in [0.25, 0.3) is 11.6 Å². The molecule has 1 N–H and O–H groups in total. The first-order chi connectivity index (χ1) is 12.1. The number of nitrogens with zero attached hydrogens (tertiary/aromatic N) is 2. The second-order valence-electron chi connectivity index (χ2n) is 6.76. The molecule has 138 valence electrons. The third kappa shape index (κ3) is 3.59. The van der Waals surface area contributed by atoms with E-state index in [0.29, 0.717) is 11.6 Å². The first-order valence-electron chi connectivity index (χ1n) is 8.73. The average molecular weight is 501 g/mol. The predicted molar refractivity (Wildman–Crippen MR) is 105 cm³/mol. The topological polar surface area (TPSA) is 26.5 Å². The fraction of sp³-hybridized carbons (Fsp3) is 0.350. The van der Waals surface area contributed by atoms with Crippen LogP contribution in [0.2, 0.25) is 5.02 Å². The Morgan fingerprint density at radius 2 is 1.69 bits per heavy atom. The zero-order valence-electron chi connectivity index (χ0n) is 14.3. The van der Waals surface area contributed by atoms with Gasteiger partial charge in [-0.2, -0.15) is 0 Å². The number of anilines is 1. The van der Waals surface area contributed by atoms with Gasteiger partial charge in [-0.1, -0.05) is 39.7 Å². The van der Waals surface area contributed by atoms with E-state index in [0.717, 1.165) is 41.5 Å². The third-order valence-electron chi connectivity index (χ3n) is 5.18. The molecule has 0 saturated carbocycles. The highest BCUT2D eigenvalue weighted by Crippen LogP contribution is 2.36. The molecule has 1 atom stereocenters. The van der Waals surface area contributed by atoms with Crippen LogP contribution in [0.4, 0.5) is 5.69 Å². The maximum atomic E-state index is 11.7. The SMILES string of the molecule is OC1(c2ccc(Cl)cc2)CN(c2ccc(Br)cc2)C2=[N+]1CCCCC2.[Br-]. The van der Waals surface area contributed by atoms with Crippen LogP contribution in [0.15, 0.2) is 53.0 Å². The van der Waals surface area contributed by atoms with Crippen molar-refractivity contribution in [2.75, 3.05) is 18.0 Å². The summed E-state index contributed by atoms with van der Waals surface area (Å²) in [6.07, 6.45) is 4.46. The molecule has 1 unspecified atom stereocenters. The zero-order chi connectivity index (χ0) is 17.4. The number of halogens is 3. The van der Waals surface area contributed by atoms with Gasteiger partial charge in [-0.3, -0.25) is 0 Å². The van der Waals surface area contributed by atoms with Crippen LogP contribution in [-0.2, 0) is 5.72 Å². The number of hydrogen-bond donors (Lipinski definition) is 1. The highest BCUT2D eigenvalue weighted by atomic mass is 79.9. The standard InChI is InChI=1S/C20H21BrClN2O.BrH/c21-16-7-11-18(12-8-16)23-14-20(25,15-5-9-17(22)10-6-15)24-13-3-1-2-4-19(23)24;/h5-12,25H,1-4,13-14H2;1H/q+1;/p-1. The smallest absolute Gasteiger partial charge is 0.271 e. The maximum Gasteiger partial charge on any atom is 0.271 e. The molecule has 2 aliphatic rings. The Kier molecular flexibility index (Phi) is 6.12. The number of hydrogen-bond acceptors (Lipinski definition) is 2. The van der Waals surface area contributed by atoms with Gasteiger partial charge in [0, 0.05) is 21.5 Å². The van der Waals surface area contributed by atoms with Crippen LogP contribution in [0.5, 0.6) is 0 Å². The van der Waals surface area contributed by atoms with Gasteiger partial charge < -0.3 is 22.1 Å². The number of amidine groups is 1. The lowest BCUT2D eigenvalue weighted by Gasteiger charge is -2.23. The van der Waals surface area contributed by atoms with Crippen molar-refractivity contribution in [1.29, 1.82) is 0 Å². The minimum absolute atomic E-state index is 0. The summed E-state index contributed by atoms with van der Waals surface area (Å²) < 4.78 is 3.26. The summed E-state index contributed by atoms with van der Waals surface area (Å²) >= 11 is 9.56. The van der Waals surface area contributed by atoms with Gasteiger partial charge in [-0.15, -0.1) is 0 Å². The molecule has 0 bridgehead atoms. The molecule has 0 aliphatic carbocycles. The molecular formula is C20H21Br2ClN2O. The minimum atomic E-state index is -1.02. The summed E-state index contributed by atoms with van der Waals surface area (Å²) in [7, 11) is 0. The summed E-state index contributed by atoms with van der Waals surface area (Å²) in [5.74, 6) is 1.22. The molecule has 3 nitrogen and oxygen atoms in total. The van der Waals surface area contributed by atoms with Crippen LogP contribution < -0.4 is 21.9 Å². The monoisotopic (exact) mass is 498 g/mol. The molecule has 4 rings (SSSR count). The molecule has 0 radical (unpaired) electrons. The van der Waals surface area contributed by atoms with E-state index in [9.17, 15) is 5.11 Å². The van der Waals surface area contributed by atoms with E-state index >= 15 is 0 Å². The Balaban J connectivity index is 0.00000196. The Morgan fingerprint density at radius 3 is 2.38 bits per heavy atom. The van der Waals surface area contributed by atoms with Gasteiger partial charge in [0.15, 0.2) is 6.54 Å². The molecule has 2 heterocycles. The highest BCUT2D eigenvalue weighted by Gasteiger charge is 2.51. The molecule has 6 heteroatoms. The lowest BCUT2D eigenvalue weighted by molar-refractivity contribution is -0.658.